The molecule has 1 aromatic heterocycles. The van der Waals surface area contributed by atoms with Gasteiger partial charge in [0.05, 0.1) is 26.5 Å². The minimum absolute atomic E-state index is 0.502. The van der Waals surface area contributed by atoms with Crippen molar-refractivity contribution in [1.29, 1.82) is 0 Å². The predicted octanol–water partition coefficient (Wildman–Crippen LogP) is 3.17. The number of nitrogens with zero attached hydrogens (tertiary/aromatic N) is 4. The van der Waals surface area contributed by atoms with Gasteiger partial charge in [0, 0.05) is 38.8 Å². The molecule has 0 radical (unpaired) electrons. The topological polar surface area (TPSA) is 63.9 Å². The molecule has 2 heterocycles. The van der Waals surface area contributed by atoms with Crippen LogP contribution in [0, 0.1) is 0 Å². The van der Waals surface area contributed by atoms with E-state index in [0.717, 1.165) is 55.5 Å². The summed E-state index contributed by atoms with van der Waals surface area (Å²) < 4.78 is 13.1. The molecule has 0 amide bonds. The molecule has 1 fully saturated rings. The summed E-state index contributed by atoms with van der Waals surface area (Å²) in [6.45, 7) is 8.29. The second-order valence-corrected chi connectivity index (χ2v) is 7.38. The van der Waals surface area contributed by atoms with E-state index in [1.807, 2.05) is 30.1 Å². The zero-order valence-electron chi connectivity index (χ0n) is 18.0. The standard InChI is InChI=1S/C22H33N5O2/c1-5-11-29-20-8-7-17(12-21(20)28-4)13-24-22(23-6-2)27-10-9-18(16-27)19-14-25-26(3)15-19/h7-8,12,14-15,18H,5-6,9-11,13,16H2,1-4H3,(H,23,24). The van der Waals surface area contributed by atoms with Gasteiger partial charge in [0.2, 0.25) is 0 Å². The van der Waals surface area contributed by atoms with Crippen LogP contribution in [0.4, 0.5) is 0 Å². The average Bonchev–Trinajstić information content (AvgIpc) is 3.39. The lowest BCUT2D eigenvalue weighted by Gasteiger charge is -2.21. The van der Waals surface area contributed by atoms with E-state index >= 15 is 0 Å². The summed E-state index contributed by atoms with van der Waals surface area (Å²) in [7, 11) is 3.64. The number of hydrogen-bond acceptors (Lipinski definition) is 4. The van der Waals surface area contributed by atoms with Crippen molar-refractivity contribution in [3.05, 3.63) is 41.7 Å². The summed E-state index contributed by atoms with van der Waals surface area (Å²) in [6, 6.07) is 6.05. The Labute approximate surface area is 173 Å². The van der Waals surface area contributed by atoms with Crippen molar-refractivity contribution in [2.45, 2.75) is 39.2 Å². The summed E-state index contributed by atoms with van der Waals surface area (Å²) in [5, 5.41) is 7.75. The van der Waals surface area contributed by atoms with Crippen LogP contribution in [0.25, 0.3) is 0 Å². The molecule has 0 bridgehead atoms. The van der Waals surface area contributed by atoms with Crippen LogP contribution in [-0.4, -0.2) is 54.0 Å². The summed E-state index contributed by atoms with van der Waals surface area (Å²) in [5.41, 5.74) is 2.40. The maximum absolute atomic E-state index is 5.74. The number of benzene rings is 1. The van der Waals surface area contributed by atoms with Gasteiger partial charge in [-0.1, -0.05) is 13.0 Å². The number of ether oxygens (including phenoxy) is 2. The number of hydrogen-bond donors (Lipinski definition) is 1. The van der Waals surface area contributed by atoms with Gasteiger partial charge in [-0.25, -0.2) is 4.99 Å². The first-order valence-corrected chi connectivity index (χ1v) is 10.5. The molecule has 1 saturated heterocycles. The molecule has 0 spiro atoms. The molecule has 2 aromatic rings. The first-order valence-electron chi connectivity index (χ1n) is 10.5. The fourth-order valence-electron chi connectivity index (χ4n) is 3.61. The van der Waals surface area contributed by atoms with Crippen LogP contribution in [0.15, 0.2) is 35.6 Å². The largest absolute Gasteiger partial charge is 0.493 e. The van der Waals surface area contributed by atoms with Crippen molar-refractivity contribution < 1.29 is 9.47 Å². The molecule has 1 aliphatic heterocycles. The molecule has 7 nitrogen and oxygen atoms in total. The van der Waals surface area contributed by atoms with E-state index in [1.54, 1.807) is 7.11 Å². The summed E-state index contributed by atoms with van der Waals surface area (Å²) >= 11 is 0. The van der Waals surface area contributed by atoms with Crippen molar-refractivity contribution in [1.82, 2.24) is 20.0 Å². The number of aliphatic imine (C=N–C) groups is 1. The maximum Gasteiger partial charge on any atom is 0.194 e. The fourth-order valence-corrected chi connectivity index (χ4v) is 3.61. The monoisotopic (exact) mass is 399 g/mol. The second-order valence-electron chi connectivity index (χ2n) is 7.38. The zero-order valence-corrected chi connectivity index (χ0v) is 18.0. The smallest absolute Gasteiger partial charge is 0.194 e. The van der Waals surface area contributed by atoms with Gasteiger partial charge in [-0.05, 0) is 43.0 Å². The van der Waals surface area contributed by atoms with E-state index in [0.29, 0.717) is 19.1 Å². The van der Waals surface area contributed by atoms with E-state index in [9.17, 15) is 0 Å². The highest BCUT2D eigenvalue weighted by Crippen LogP contribution is 2.29. The van der Waals surface area contributed by atoms with Crippen LogP contribution in [-0.2, 0) is 13.6 Å². The number of aromatic nitrogens is 2. The van der Waals surface area contributed by atoms with E-state index in [2.05, 4.69) is 41.4 Å². The number of nitrogens with one attached hydrogen (secondary N) is 1. The Hall–Kier alpha value is -2.70. The Kier molecular flexibility index (Phi) is 7.38. The average molecular weight is 400 g/mol. The van der Waals surface area contributed by atoms with Crippen molar-refractivity contribution in [3.8, 4) is 11.5 Å². The highest BCUT2D eigenvalue weighted by Gasteiger charge is 2.26. The van der Waals surface area contributed by atoms with E-state index < -0.39 is 0 Å². The Morgan fingerprint density at radius 2 is 2.17 bits per heavy atom. The normalized spacial score (nSPS) is 16.9. The number of guanidine groups is 1. The van der Waals surface area contributed by atoms with E-state index in [-0.39, 0.29) is 0 Å². The molecule has 7 heteroatoms. The maximum atomic E-state index is 5.74. The van der Waals surface area contributed by atoms with Crippen LogP contribution in [0.3, 0.4) is 0 Å². The molecule has 158 valence electrons. The lowest BCUT2D eigenvalue weighted by molar-refractivity contribution is 0.294. The van der Waals surface area contributed by atoms with Gasteiger partial charge >= 0.3 is 0 Å². The number of rotatable bonds is 8. The minimum atomic E-state index is 0.502. The molecule has 1 aliphatic rings. The van der Waals surface area contributed by atoms with E-state index in [1.165, 1.54) is 5.56 Å². The quantitative estimate of drug-likeness (QED) is 0.546. The van der Waals surface area contributed by atoms with Crippen molar-refractivity contribution in [2.24, 2.45) is 12.0 Å². The fraction of sp³-hybridized carbons (Fsp3) is 0.545. The Morgan fingerprint density at radius 1 is 1.31 bits per heavy atom. The highest BCUT2D eigenvalue weighted by molar-refractivity contribution is 5.80. The van der Waals surface area contributed by atoms with Gasteiger partial charge < -0.3 is 19.7 Å². The summed E-state index contributed by atoms with van der Waals surface area (Å²) in [4.78, 5) is 7.22. The lowest BCUT2D eigenvalue weighted by Crippen LogP contribution is -2.40. The van der Waals surface area contributed by atoms with E-state index in [4.69, 9.17) is 14.5 Å². The molecule has 1 aromatic carbocycles. The highest BCUT2D eigenvalue weighted by atomic mass is 16.5. The summed E-state index contributed by atoms with van der Waals surface area (Å²) in [6.07, 6.45) is 6.18. The molecule has 1 atom stereocenters. The van der Waals surface area contributed by atoms with Gasteiger partial charge in [0.15, 0.2) is 17.5 Å². The second kappa shape index (κ2) is 10.2. The minimum Gasteiger partial charge on any atom is -0.493 e. The third kappa shape index (κ3) is 5.43. The van der Waals surface area contributed by atoms with Crippen molar-refractivity contribution in [3.63, 3.8) is 0 Å². The Morgan fingerprint density at radius 3 is 2.86 bits per heavy atom. The van der Waals surface area contributed by atoms with Crippen molar-refractivity contribution >= 4 is 5.96 Å². The number of aryl methyl sites for hydroxylation is 1. The van der Waals surface area contributed by atoms with Gasteiger partial charge in [0.25, 0.3) is 0 Å². The van der Waals surface area contributed by atoms with Crippen LogP contribution in [0.2, 0.25) is 0 Å². The molecule has 0 aliphatic carbocycles. The number of likely N-dealkylation sites (tertiary alicyclic amines) is 1. The molecule has 3 rings (SSSR count). The molecule has 1 N–H and O–H groups in total. The summed E-state index contributed by atoms with van der Waals surface area (Å²) in [5.74, 6) is 3.01. The molecular formula is C22H33N5O2. The zero-order chi connectivity index (χ0) is 20.6. The third-order valence-corrected chi connectivity index (χ3v) is 5.12. The Bertz CT molecular complexity index is 817. The van der Waals surface area contributed by atoms with Crippen LogP contribution in [0.5, 0.6) is 11.5 Å². The first kappa shape index (κ1) is 21.0. The molecule has 29 heavy (non-hydrogen) atoms. The van der Waals surface area contributed by atoms with Crippen LogP contribution in [0.1, 0.15) is 43.7 Å². The van der Waals surface area contributed by atoms with Gasteiger partial charge in [0.1, 0.15) is 0 Å². The molecular weight excluding hydrogens is 366 g/mol. The van der Waals surface area contributed by atoms with Crippen LogP contribution < -0.4 is 14.8 Å². The Balaban J connectivity index is 1.68. The predicted molar refractivity (Wildman–Crippen MR) is 116 cm³/mol. The lowest BCUT2D eigenvalue weighted by atomic mass is 10.0. The van der Waals surface area contributed by atoms with Gasteiger partial charge in [-0.3, -0.25) is 4.68 Å². The van der Waals surface area contributed by atoms with Crippen molar-refractivity contribution in [2.75, 3.05) is 33.4 Å². The third-order valence-electron chi connectivity index (χ3n) is 5.12. The number of methoxy groups -OCH3 is 1. The van der Waals surface area contributed by atoms with Crippen LogP contribution >= 0.6 is 0 Å². The molecule has 1 unspecified atom stereocenters. The van der Waals surface area contributed by atoms with Gasteiger partial charge in [-0.15, -0.1) is 0 Å². The SMILES string of the molecule is CCCOc1ccc(CN=C(NCC)N2CCC(c3cnn(C)c3)C2)cc1OC. The van der Waals surface area contributed by atoms with Gasteiger partial charge in [-0.2, -0.15) is 5.10 Å². The first-order chi connectivity index (χ1) is 14.1. The molecule has 0 saturated carbocycles.